The highest BCUT2D eigenvalue weighted by atomic mass is 16.6. The number of terminal acetylenes is 1. The van der Waals surface area contributed by atoms with Crippen molar-refractivity contribution in [1.82, 2.24) is 0 Å². The molecule has 0 radical (unpaired) electrons. The molecule has 2 heterocycles. The van der Waals surface area contributed by atoms with Crippen molar-refractivity contribution >= 4 is 17.6 Å². The molecule has 8 nitrogen and oxygen atoms in total. The summed E-state index contributed by atoms with van der Waals surface area (Å²) in [5.41, 5.74) is 4.81. The van der Waals surface area contributed by atoms with Gasteiger partial charge in [0.1, 0.15) is 29.6 Å². The fourth-order valence-corrected chi connectivity index (χ4v) is 3.75. The lowest BCUT2D eigenvalue weighted by molar-refractivity contribution is -0.142. The van der Waals surface area contributed by atoms with Crippen LogP contribution in [0.1, 0.15) is 12.5 Å². The number of esters is 1. The summed E-state index contributed by atoms with van der Waals surface area (Å²) in [5, 5.41) is 9.87. The number of anilines is 1. The van der Waals surface area contributed by atoms with Gasteiger partial charge in [-0.25, -0.2) is 4.79 Å². The molecule has 0 unspecified atom stereocenters. The molecule has 0 aliphatic carbocycles. The summed E-state index contributed by atoms with van der Waals surface area (Å²) in [6.45, 7) is 1.59. The van der Waals surface area contributed by atoms with E-state index in [1.54, 1.807) is 24.3 Å². The van der Waals surface area contributed by atoms with Gasteiger partial charge in [-0.15, -0.1) is 6.42 Å². The number of fused-ring (bicyclic) bond motifs is 2. The van der Waals surface area contributed by atoms with E-state index in [0.29, 0.717) is 11.3 Å². The number of hydrogen-bond donors (Lipinski definition) is 1. The molecule has 3 rings (SSSR count). The van der Waals surface area contributed by atoms with Crippen molar-refractivity contribution in [3.05, 3.63) is 52.6 Å². The number of nitrogens with zero attached hydrogens (tertiary/aromatic N) is 2. The molecule has 1 atom stereocenters. The number of para-hydroxylation sites is 1. The van der Waals surface area contributed by atoms with Crippen molar-refractivity contribution in [3.63, 3.8) is 0 Å². The fraction of sp³-hybridized carbons (Fsp3) is 0.286. The molecule has 1 aromatic carbocycles. The average molecular weight is 393 g/mol. The molecule has 2 N–H and O–H groups in total. The molecular weight excluding hydrogens is 374 g/mol. The third-order valence-corrected chi connectivity index (χ3v) is 4.86. The summed E-state index contributed by atoms with van der Waals surface area (Å²) >= 11 is 0. The number of nitriles is 1. The molecule has 1 amide bonds. The Morgan fingerprint density at radius 1 is 1.38 bits per heavy atom. The number of nitrogens with two attached hydrogens (primary N) is 1. The topological polar surface area (TPSA) is 115 Å². The van der Waals surface area contributed by atoms with Gasteiger partial charge in [-0.2, -0.15) is 5.26 Å². The monoisotopic (exact) mass is 393 g/mol. The standard InChI is InChI=1S/C21H19N3O5/c1-4-9-24-16-8-6-5-7-14(16)21(20(24)26)15(12-22)18(23)29-13(2)17(21)19(25)28-11-10-27-3/h1,5-8H,9-11,23H2,2-3H3/t21-/m0/s1. The number of hydrogen-bond acceptors (Lipinski definition) is 7. The van der Waals surface area contributed by atoms with Gasteiger partial charge in [0, 0.05) is 18.4 Å². The molecule has 148 valence electrons. The Bertz CT molecular complexity index is 1030. The van der Waals surface area contributed by atoms with Crippen LogP contribution in [0.2, 0.25) is 0 Å². The number of allylic oxidation sites excluding steroid dienone is 1. The van der Waals surface area contributed by atoms with Gasteiger partial charge in [0.2, 0.25) is 11.8 Å². The van der Waals surface area contributed by atoms with Crippen molar-refractivity contribution in [3.8, 4) is 18.4 Å². The van der Waals surface area contributed by atoms with Crippen molar-refractivity contribution in [2.45, 2.75) is 12.3 Å². The lowest BCUT2D eigenvalue weighted by Crippen LogP contribution is -2.48. The number of methoxy groups -OCH3 is 1. The van der Waals surface area contributed by atoms with E-state index in [9.17, 15) is 14.9 Å². The van der Waals surface area contributed by atoms with Crippen LogP contribution in [-0.4, -0.2) is 38.7 Å². The first kappa shape index (κ1) is 20.0. The molecule has 0 fully saturated rings. The molecule has 0 bridgehead atoms. The van der Waals surface area contributed by atoms with Gasteiger partial charge in [-0.3, -0.25) is 9.69 Å². The van der Waals surface area contributed by atoms with E-state index in [2.05, 4.69) is 5.92 Å². The van der Waals surface area contributed by atoms with E-state index in [0.717, 1.165) is 0 Å². The minimum Gasteiger partial charge on any atom is -0.460 e. The quantitative estimate of drug-likeness (QED) is 0.452. The van der Waals surface area contributed by atoms with Gasteiger partial charge in [0.25, 0.3) is 0 Å². The van der Waals surface area contributed by atoms with Crippen LogP contribution in [0, 0.1) is 23.7 Å². The summed E-state index contributed by atoms with van der Waals surface area (Å²) in [4.78, 5) is 28.1. The summed E-state index contributed by atoms with van der Waals surface area (Å²) in [6.07, 6.45) is 5.46. The largest absolute Gasteiger partial charge is 0.460 e. The van der Waals surface area contributed by atoms with E-state index in [1.165, 1.54) is 18.9 Å². The van der Waals surface area contributed by atoms with Crippen LogP contribution >= 0.6 is 0 Å². The predicted molar refractivity (Wildman–Crippen MR) is 103 cm³/mol. The average Bonchev–Trinajstić information content (AvgIpc) is 2.92. The minimum absolute atomic E-state index is 0.0345. The maximum absolute atomic E-state index is 13.7. The summed E-state index contributed by atoms with van der Waals surface area (Å²) in [6, 6.07) is 8.76. The molecule has 2 aliphatic rings. The molecule has 0 saturated heterocycles. The number of ether oxygens (including phenoxy) is 3. The Kier molecular flexibility index (Phi) is 5.31. The summed E-state index contributed by atoms with van der Waals surface area (Å²) < 4.78 is 15.6. The summed E-state index contributed by atoms with van der Waals surface area (Å²) in [7, 11) is 1.47. The van der Waals surface area contributed by atoms with Gasteiger partial charge in [0.05, 0.1) is 13.2 Å². The molecule has 29 heavy (non-hydrogen) atoms. The highest BCUT2D eigenvalue weighted by Crippen LogP contribution is 2.53. The van der Waals surface area contributed by atoms with Gasteiger partial charge >= 0.3 is 5.97 Å². The maximum Gasteiger partial charge on any atom is 0.339 e. The second-order valence-corrected chi connectivity index (χ2v) is 6.38. The Balaban J connectivity index is 2.30. The highest BCUT2D eigenvalue weighted by molar-refractivity contribution is 6.18. The third kappa shape index (κ3) is 2.82. The molecule has 0 aromatic heterocycles. The number of amides is 1. The van der Waals surface area contributed by atoms with Crippen LogP contribution in [0.3, 0.4) is 0 Å². The van der Waals surface area contributed by atoms with Crippen LogP contribution < -0.4 is 10.6 Å². The van der Waals surface area contributed by atoms with Gasteiger partial charge in [0.15, 0.2) is 5.41 Å². The van der Waals surface area contributed by atoms with Crippen molar-refractivity contribution in [1.29, 1.82) is 5.26 Å². The Labute approximate surface area is 168 Å². The van der Waals surface area contributed by atoms with Crippen LogP contribution in [0.15, 0.2) is 47.1 Å². The second-order valence-electron chi connectivity index (χ2n) is 6.38. The van der Waals surface area contributed by atoms with Crippen LogP contribution in [0.4, 0.5) is 5.69 Å². The number of rotatable bonds is 5. The van der Waals surface area contributed by atoms with Crippen LogP contribution in [0.5, 0.6) is 0 Å². The van der Waals surface area contributed by atoms with Crippen LogP contribution in [0.25, 0.3) is 0 Å². The Hall–Kier alpha value is -3.75. The smallest absolute Gasteiger partial charge is 0.339 e. The third-order valence-electron chi connectivity index (χ3n) is 4.86. The predicted octanol–water partition coefficient (Wildman–Crippen LogP) is 1.09. The zero-order valence-electron chi connectivity index (χ0n) is 16.0. The van der Waals surface area contributed by atoms with Crippen molar-refractivity contribution < 1.29 is 23.8 Å². The Morgan fingerprint density at radius 2 is 2.10 bits per heavy atom. The zero-order chi connectivity index (χ0) is 21.2. The molecule has 1 aromatic rings. The first-order chi connectivity index (χ1) is 13.9. The highest BCUT2D eigenvalue weighted by Gasteiger charge is 2.62. The van der Waals surface area contributed by atoms with E-state index >= 15 is 0 Å². The van der Waals surface area contributed by atoms with Gasteiger partial charge in [-0.1, -0.05) is 24.1 Å². The lowest BCUT2D eigenvalue weighted by Gasteiger charge is -2.34. The van der Waals surface area contributed by atoms with E-state index in [4.69, 9.17) is 26.4 Å². The van der Waals surface area contributed by atoms with Crippen molar-refractivity contribution in [2.24, 2.45) is 5.73 Å². The normalized spacial score (nSPS) is 20.3. The maximum atomic E-state index is 13.7. The number of benzene rings is 1. The Morgan fingerprint density at radius 3 is 2.76 bits per heavy atom. The van der Waals surface area contributed by atoms with Gasteiger partial charge < -0.3 is 19.9 Å². The van der Waals surface area contributed by atoms with Gasteiger partial charge in [-0.05, 0) is 13.0 Å². The minimum atomic E-state index is -1.79. The molecule has 8 heteroatoms. The first-order valence-electron chi connectivity index (χ1n) is 8.75. The van der Waals surface area contributed by atoms with E-state index in [1.807, 2.05) is 6.07 Å². The van der Waals surface area contributed by atoms with Crippen molar-refractivity contribution in [2.75, 3.05) is 31.8 Å². The molecular formula is C21H19N3O5. The van der Waals surface area contributed by atoms with E-state index < -0.39 is 17.3 Å². The second kappa shape index (κ2) is 7.70. The first-order valence-corrected chi connectivity index (χ1v) is 8.75. The molecule has 2 aliphatic heterocycles. The number of carbonyl (C=O) groups is 2. The SMILES string of the molecule is C#CCN1C(=O)[C@]2(C(C#N)=C(N)OC(C)=C2C(=O)OCCOC)c2ccccc21. The number of carbonyl (C=O) groups excluding carboxylic acids is 2. The summed E-state index contributed by atoms with van der Waals surface area (Å²) in [5.74, 6) is 0.913. The molecule has 1 spiro atoms. The fourth-order valence-electron chi connectivity index (χ4n) is 3.75. The lowest BCUT2D eigenvalue weighted by atomic mass is 9.68. The molecule has 0 saturated carbocycles. The van der Waals surface area contributed by atoms with Crippen LogP contribution in [-0.2, 0) is 29.2 Å². The zero-order valence-corrected chi connectivity index (χ0v) is 16.0. The van der Waals surface area contributed by atoms with E-state index in [-0.39, 0.29) is 42.5 Å².